The quantitative estimate of drug-likeness (QED) is 0.564. The van der Waals surface area contributed by atoms with Gasteiger partial charge in [-0.15, -0.1) is 0 Å². The number of aromatic nitrogens is 3. The summed E-state index contributed by atoms with van der Waals surface area (Å²) >= 11 is 7.07. The Bertz CT molecular complexity index is 1030. The lowest BCUT2D eigenvalue weighted by Crippen LogP contribution is -2.15. The topological polar surface area (TPSA) is 131 Å². The van der Waals surface area contributed by atoms with Crippen LogP contribution in [0, 0.1) is 0 Å². The van der Waals surface area contributed by atoms with E-state index in [1.54, 1.807) is 6.07 Å². The Morgan fingerprint density at radius 2 is 2.04 bits per heavy atom. The van der Waals surface area contributed by atoms with Crippen LogP contribution in [0.4, 0.5) is 5.69 Å². The number of amides is 1. The van der Waals surface area contributed by atoms with Gasteiger partial charge in [-0.1, -0.05) is 23.4 Å². The third-order valence-electron chi connectivity index (χ3n) is 3.09. The first-order valence-electron chi connectivity index (χ1n) is 6.88. The molecule has 130 valence electrons. The van der Waals surface area contributed by atoms with E-state index < -0.39 is 10.0 Å². The number of benzene rings is 1. The standard InChI is InChI=1S/C14H12ClN5O3S2/c15-8-5-11-13(17-6-8)20-14(19-11)24-7-12(21)18-9-1-3-10(4-2-9)25(16,22)23/h1-6H,7H2,(H,18,21)(H2,16,22,23)(H,17,19,20). The minimum absolute atomic E-state index is 0.0201. The minimum Gasteiger partial charge on any atom is -0.331 e. The minimum atomic E-state index is -3.75. The van der Waals surface area contributed by atoms with Gasteiger partial charge in [-0.25, -0.2) is 23.5 Å². The zero-order chi connectivity index (χ0) is 18.0. The van der Waals surface area contributed by atoms with Crippen LogP contribution in [0.5, 0.6) is 0 Å². The number of pyridine rings is 1. The van der Waals surface area contributed by atoms with Crippen molar-refractivity contribution in [3.05, 3.63) is 41.6 Å². The number of anilines is 1. The largest absolute Gasteiger partial charge is 0.331 e. The number of carbonyl (C=O) groups is 1. The van der Waals surface area contributed by atoms with Crippen molar-refractivity contribution in [3.8, 4) is 0 Å². The van der Waals surface area contributed by atoms with Crippen molar-refractivity contribution in [2.24, 2.45) is 5.14 Å². The Balaban J connectivity index is 1.60. The van der Waals surface area contributed by atoms with E-state index in [4.69, 9.17) is 16.7 Å². The lowest BCUT2D eigenvalue weighted by molar-refractivity contribution is -0.113. The fourth-order valence-electron chi connectivity index (χ4n) is 1.98. The summed E-state index contributed by atoms with van der Waals surface area (Å²) < 4.78 is 22.4. The van der Waals surface area contributed by atoms with E-state index in [-0.39, 0.29) is 16.6 Å². The van der Waals surface area contributed by atoms with E-state index in [0.29, 0.717) is 27.0 Å². The molecule has 1 aromatic carbocycles. The third kappa shape index (κ3) is 4.48. The van der Waals surface area contributed by atoms with Crippen molar-refractivity contribution < 1.29 is 13.2 Å². The van der Waals surface area contributed by atoms with E-state index in [1.807, 2.05) is 0 Å². The first kappa shape index (κ1) is 17.7. The van der Waals surface area contributed by atoms with E-state index in [1.165, 1.54) is 42.2 Å². The number of hydrogen-bond acceptors (Lipinski definition) is 6. The number of aromatic amines is 1. The predicted octanol–water partition coefficient (Wildman–Crippen LogP) is 1.99. The molecular formula is C14H12ClN5O3S2. The molecule has 3 rings (SSSR count). The number of H-pyrrole nitrogens is 1. The number of imidazole rings is 1. The summed E-state index contributed by atoms with van der Waals surface area (Å²) in [6.45, 7) is 0. The van der Waals surface area contributed by atoms with Crippen LogP contribution in [0.25, 0.3) is 11.2 Å². The smallest absolute Gasteiger partial charge is 0.238 e. The number of halogens is 1. The first-order valence-corrected chi connectivity index (χ1v) is 9.79. The van der Waals surface area contributed by atoms with Crippen molar-refractivity contribution >= 4 is 56.1 Å². The molecule has 0 aliphatic carbocycles. The highest BCUT2D eigenvalue weighted by molar-refractivity contribution is 7.99. The van der Waals surface area contributed by atoms with Crippen molar-refractivity contribution in [2.45, 2.75) is 10.1 Å². The molecule has 0 spiro atoms. The molecule has 2 aromatic heterocycles. The lowest BCUT2D eigenvalue weighted by Gasteiger charge is -2.05. The molecule has 0 saturated heterocycles. The van der Waals surface area contributed by atoms with Gasteiger partial charge in [0.25, 0.3) is 0 Å². The van der Waals surface area contributed by atoms with Gasteiger partial charge in [0, 0.05) is 11.9 Å². The Hall–Kier alpha value is -2.14. The second-order valence-electron chi connectivity index (χ2n) is 4.97. The summed E-state index contributed by atoms with van der Waals surface area (Å²) in [5.74, 6) is -0.149. The molecule has 0 saturated carbocycles. The SMILES string of the molecule is NS(=O)(=O)c1ccc(NC(=O)CSc2nc3ncc(Cl)cc3[nH]2)cc1. The summed E-state index contributed by atoms with van der Waals surface area (Å²) in [6.07, 6.45) is 1.50. The number of nitrogens with one attached hydrogen (secondary N) is 2. The summed E-state index contributed by atoms with van der Waals surface area (Å²) in [5, 5.41) is 8.72. The van der Waals surface area contributed by atoms with Gasteiger partial charge < -0.3 is 10.3 Å². The third-order valence-corrected chi connectivity index (χ3v) is 5.10. The number of sulfonamides is 1. The van der Waals surface area contributed by atoms with Crippen LogP contribution >= 0.6 is 23.4 Å². The number of thioether (sulfide) groups is 1. The number of carbonyl (C=O) groups excluding carboxylic acids is 1. The Labute approximate surface area is 152 Å². The van der Waals surface area contributed by atoms with Gasteiger partial charge in [-0.3, -0.25) is 4.79 Å². The van der Waals surface area contributed by atoms with Crippen LogP contribution in [0.3, 0.4) is 0 Å². The highest BCUT2D eigenvalue weighted by atomic mass is 35.5. The molecule has 0 fully saturated rings. The molecule has 2 heterocycles. The Kier molecular flexibility index (Phi) is 4.95. The maximum Gasteiger partial charge on any atom is 0.238 e. The number of hydrogen-bond donors (Lipinski definition) is 3. The van der Waals surface area contributed by atoms with E-state index in [0.717, 1.165) is 0 Å². The maximum absolute atomic E-state index is 12.0. The zero-order valence-electron chi connectivity index (χ0n) is 12.6. The molecule has 0 unspecified atom stereocenters. The Morgan fingerprint density at radius 1 is 1.32 bits per heavy atom. The predicted molar refractivity (Wildman–Crippen MR) is 96.1 cm³/mol. The lowest BCUT2D eigenvalue weighted by atomic mass is 10.3. The summed E-state index contributed by atoms with van der Waals surface area (Å²) in [6, 6.07) is 7.29. The molecule has 0 radical (unpaired) electrons. The van der Waals surface area contributed by atoms with E-state index >= 15 is 0 Å². The van der Waals surface area contributed by atoms with Crippen LogP contribution in [-0.2, 0) is 14.8 Å². The molecule has 0 aliphatic rings. The van der Waals surface area contributed by atoms with Gasteiger partial charge >= 0.3 is 0 Å². The monoisotopic (exact) mass is 397 g/mol. The van der Waals surface area contributed by atoms with Crippen molar-refractivity contribution in [1.82, 2.24) is 15.0 Å². The van der Waals surface area contributed by atoms with Crippen molar-refractivity contribution in [2.75, 3.05) is 11.1 Å². The first-order chi connectivity index (χ1) is 11.8. The van der Waals surface area contributed by atoms with Gasteiger partial charge in [0.1, 0.15) is 0 Å². The molecule has 1 amide bonds. The van der Waals surface area contributed by atoms with Crippen LogP contribution in [-0.4, -0.2) is 35.0 Å². The normalized spacial score (nSPS) is 11.6. The molecule has 3 aromatic rings. The summed E-state index contributed by atoms with van der Waals surface area (Å²) in [5.41, 5.74) is 1.68. The van der Waals surface area contributed by atoms with Gasteiger partial charge in [0.15, 0.2) is 10.8 Å². The van der Waals surface area contributed by atoms with Gasteiger partial charge in [-0.05, 0) is 30.3 Å². The van der Waals surface area contributed by atoms with Crippen LogP contribution in [0.2, 0.25) is 5.02 Å². The molecule has 11 heteroatoms. The van der Waals surface area contributed by atoms with Gasteiger partial charge in [0.05, 0.1) is 21.2 Å². The summed E-state index contributed by atoms with van der Waals surface area (Å²) in [7, 11) is -3.75. The van der Waals surface area contributed by atoms with Gasteiger partial charge in [0.2, 0.25) is 15.9 Å². The number of rotatable bonds is 5. The Morgan fingerprint density at radius 3 is 2.72 bits per heavy atom. The van der Waals surface area contributed by atoms with Crippen LogP contribution in [0.1, 0.15) is 0 Å². The fourth-order valence-corrected chi connectivity index (χ4v) is 3.33. The van der Waals surface area contributed by atoms with E-state index in [9.17, 15) is 13.2 Å². The second-order valence-corrected chi connectivity index (χ2v) is 7.93. The average Bonchev–Trinajstić information content (AvgIpc) is 2.94. The molecule has 25 heavy (non-hydrogen) atoms. The molecule has 4 N–H and O–H groups in total. The number of nitrogens with zero attached hydrogens (tertiary/aromatic N) is 2. The second kappa shape index (κ2) is 7.00. The molecule has 8 nitrogen and oxygen atoms in total. The fraction of sp³-hybridized carbons (Fsp3) is 0.0714. The zero-order valence-corrected chi connectivity index (χ0v) is 15.0. The van der Waals surface area contributed by atoms with Gasteiger partial charge in [-0.2, -0.15) is 0 Å². The summed E-state index contributed by atoms with van der Waals surface area (Å²) in [4.78, 5) is 23.3. The number of nitrogens with two attached hydrogens (primary N) is 1. The molecular weight excluding hydrogens is 386 g/mol. The number of primary sulfonamides is 1. The number of fused-ring (bicyclic) bond motifs is 1. The average molecular weight is 398 g/mol. The molecule has 0 aliphatic heterocycles. The van der Waals surface area contributed by atoms with Crippen molar-refractivity contribution in [1.29, 1.82) is 0 Å². The van der Waals surface area contributed by atoms with Crippen molar-refractivity contribution in [3.63, 3.8) is 0 Å². The van der Waals surface area contributed by atoms with Crippen LogP contribution in [0.15, 0.2) is 46.6 Å². The highest BCUT2D eigenvalue weighted by Gasteiger charge is 2.10. The molecule has 0 atom stereocenters. The molecule has 0 bridgehead atoms. The highest BCUT2D eigenvalue weighted by Crippen LogP contribution is 2.21. The maximum atomic E-state index is 12.0. The van der Waals surface area contributed by atoms with E-state index in [2.05, 4.69) is 20.3 Å². The van der Waals surface area contributed by atoms with Crippen LogP contribution < -0.4 is 10.5 Å².